The van der Waals surface area contributed by atoms with Gasteiger partial charge in [0.15, 0.2) is 11.5 Å². The monoisotopic (exact) mass is 392 g/mol. The van der Waals surface area contributed by atoms with Crippen molar-refractivity contribution in [3.05, 3.63) is 35.0 Å². The van der Waals surface area contributed by atoms with Crippen molar-refractivity contribution in [3.63, 3.8) is 0 Å². The average molecular weight is 393 g/mol. The summed E-state index contributed by atoms with van der Waals surface area (Å²) in [5.41, 5.74) is 0.649. The van der Waals surface area contributed by atoms with Crippen molar-refractivity contribution < 1.29 is 14.3 Å². The van der Waals surface area contributed by atoms with Gasteiger partial charge in [-0.25, -0.2) is 0 Å². The number of hydrogen-bond donors (Lipinski definition) is 1. The SMILES string of the molecule is CCCN(CCC)c1ccc(C(=O)Nc2cc(OC)c(Cl)cc2OC)nn1. The fraction of sp³-hybridized carbons (Fsp3) is 0.421. The smallest absolute Gasteiger partial charge is 0.276 e. The summed E-state index contributed by atoms with van der Waals surface area (Å²) in [7, 11) is 3.00. The van der Waals surface area contributed by atoms with E-state index in [0.717, 1.165) is 31.7 Å². The van der Waals surface area contributed by atoms with Crippen molar-refractivity contribution >= 4 is 29.0 Å². The molecule has 0 aliphatic carbocycles. The number of nitrogens with one attached hydrogen (secondary N) is 1. The van der Waals surface area contributed by atoms with Crippen molar-refractivity contribution in [2.24, 2.45) is 0 Å². The van der Waals surface area contributed by atoms with Gasteiger partial charge in [0.1, 0.15) is 11.5 Å². The van der Waals surface area contributed by atoms with Gasteiger partial charge < -0.3 is 19.7 Å². The zero-order valence-electron chi connectivity index (χ0n) is 16.1. The third kappa shape index (κ3) is 5.23. The minimum atomic E-state index is -0.394. The van der Waals surface area contributed by atoms with Gasteiger partial charge in [-0.1, -0.05) is 25.4 Å². The number of nitrogens with zero attached hydrogens (tertiary/aromatic N) is 3. The Morgan fingerprint density at radius 3 is 2.26 bits per heavy atom. The lowest BCUT2D eigenvalue weighted by Crippen LogP contribution is -2.26. The lowest BCUT2D eigenvalue weighted by atomic mass is 10.2. The normalized spacial score (nSPS) is 10.4. The average Bonchev–Trinajstić information content (AvgIpc) is 2.68. The molecule has 1 N–H and O–H groups in total. The number of carbonyl (C=O) groups excluding carboxylic acids is 1. The molecular formula is C19H25ClN4O3. The third-order valence-corrected chi connectivity index (χ3v) is 4.21. The Morgan fingerprint density at radius 1 is 1.07 bits per heavy atom. The molecule has 0 fully saturated rings. The second-order valence-corrected chi connectivity index (χ2v) is 6.31. The van der Waals surface area contributed by atoms with E-state index in [1.807, 2.05) is 6.07 Å². The number of carbonyl (C=O) groups is 1. The Labute approximate surface area is 164 Å². The molecule has 0 saturated carbocycles. The summed E-state index contributed by atoms with van der Waals surface area (Å²) in [5, 5.41) is 11.4. The fourth-order valence-electron chi connectivity index (χ4n) is 2.64. The topological polar surface area (TPSA) is 76.6 Å². The molecule has 0 spiro atoms. The van der Waals surface area contributed by atoms with Crippen LogP contribution in [-0.4, -0.2) is 43.4 Å². The third-order valence-electron chi connectivity index (χ3n) is 3.92. The molecule has 0 atom stereocenters. The van der Waals surface area contributed by atoms with Crippen LogP contribution in [0.4, 0.5) is 11.5 Å². The summed E-state index contributed by atoms with van der Waals surface area (Å²) in [6.07, 6.45) is 2.03. The van der Waals surface area contributed by atoms with Gasteiger partial charge >= 0.3 is 0 Å². The molecule has 0 aliphatic heterocycles. The summed E-state index contributed by atoms with van der Waals surface area (Å²) in [6, 6.07) is 6.66. The van der Waals surface area contributed by atoms with Crippen LogP contribution >= 0.6 is 11.6 Å². The van der Waals surface area contributed by atoms with E-state index in [2.05, 4.69) is 34.3 Å². The highest BCUT2D eigenvalue weighted by Gasteiger charge is 2.16. The molecular weight excluding hydrogens is 368 g/mol. The number of amides is 1. The summed E-state index contributed by atoms with van der Waals surface area (Å²) >= 11 is 6.09. The van der Waals surface area contributed by atoms with Crippen LogP contribution in [0.25, 0.3) is 0 Å². The number of rotatable bonds is 9. The predicted octanol–water partition coefficient (Wildman–Crippen LogP) is 4.03. The minimum Gasteiger partial charge on any atom is -0.495 e. The Kier molecular flexibility index (Phi) is 7.67. The van der Waals surface area contributed by atoms with E-state index < -0.39 is 5.91 Å². The second kappa shape index (κ2) is 9.97. The number of halogens is 1. The molecule has 0 bridgehead atoms. The van der Waals surface area contributed by atoms with Gasteiger partial charge in [-0.2, -0.15) is 0 Å². The molecule has 146 valence electrons. The van der Waals surface area contributed by atoms with E-state index in [0.29, 0.717) is 22.2 Å². The maximum absolute atomic E-state index is 12.5. The number of aromatic nitrogens is 2. The first kappa shape index (κ1) is 20.8. The molecule has 1 aromatic carbocycles. The first-order valence-corrected chi connectivity index (χ1v) is 9.23. The molecule has 0 radical (unpaired) electrons. The Hall–Kier alpha value is -2.54. The lowest BCUT2D eigenvalue weighted by Gasteiger charge is -2.21. The molecule has 0 unspecified atom stereocenters. The fourth-order valence-corrected chi connectivity index (χ4v) is 2.87. The molecule has 1 amide bonds. The first-order chi connectivity index (χ1) is 13.0. The van der Waals surface area contributed by atoms with Gasteiger partial charge in [0.2, 0.25) is 0 Å². The van der Waals surface area contributed by atoms with Gasteiger partial charge in [-0.3, -0.25) is 4.79 Å². The molecule has 27 heavy (non-hydrogen) atoms. The number of methoxy groups -OCH3 is 2. The molecule has 8 heteroatoms. The number of hydrogen-bond acceptors (Lipinski definition) is 6. The van der Waals surface area contributed by atoms with Crippen molar-refractivity contribution in [3.8, 4) is 11.5 Å². The minimum absolute atomic E-state index is 0.211. The highest BCUT2D eigenvalue weighted by atomic mass is 35.5. The summed E-state index contributed by atoms with van der Waals surface area (Å²) < 4.78 is 10.5. The Balaban J connectivity index is 2.19. The summed E-state index contributed by atoms with van der Waals surface area (Å²) in [5.74, 6) is 1.23. The predicted molar refractivity (Wildman–Crippen MR) is 107 cm³/mol. The van der Waals surface area contributed by atoms with Crippen molar-refractivity contribution in [2.75, 3.05) is 37.5 Å². The largest absolute Gasteiger partial charge is 0.495 e. The van der Waals surface area contributed by atoms with Crippen LogP contribution < -0.4 is 19.7 Å². The van der Waals surface area contributed by atoms with Gasteiger partial charge in [0, 0.05) is 25.2 Å². The maximum atomic E-state index is 12.5. The molecule has 1 aromatic heterocycles. The summed E-state index contributed by atoms with van der Waals surface area (Å²) in [6.45, 7) is 6.03. The van der Waals surface area contributed by atoms with Crippen LogP contribution in [0.2, 0.25) is 5.02 Å². The van der Waals surface area contributed by atoms with Crippen LogP contribution in [0.15, 0.2) is 24.3 Å². The van der Waals surface area contributed by atoms with E-state index in [-0.39, 0.29) is 5.69 Å². The van der Waals surface area contributed by atoms with Crippen LogP contribution in [0, 0.1) is 0 Å². The van der Waals surface area contributed by atoms with Gasteiger partial charge in [-0.15, -0.1) is 10.2 Å². The zero-order chi connectivity index (χ0) is 19.8. The highest BCUT2D eigenvalue weighted by Crippen LogP contribution is 2.36. The van der Waals surface area contributed by atoms with E-state index in [9.17, 15) is 4.79 Å². The second-order valence-electron chi connectivity index (χ2n) is 5.90. The first-order valence-electron chi connectivity index (χ1n) is 8.85. The van der Waals surface area contributed by atoms with Crippen molar-refractivity contribution in [1.82, 2.24) is 10.2 Å². The van der Waals surface area contributed by atoms with Gasteiger partial charge in [0.05, 0.1) is 24.9 Å². The summed E-state index contributed by atoms with van der Waals surface area (Å²) in [4.78, 5) is 14.7. The molecule has 1 heterocycles. The van der Waals surface area contributed by atoms with E-state index in [4.69, 9.17) is 21.1 Å². The standard InChI is InChI=1S/C19H25ClN4O3/c1-5-9-24(10-6-2)18-8-7-14(22-23-18)19(25)21-15-12-16(26-3)13(20)11-17(15)27-4/h7-8,11-12H,5-6,9-10H2,1-4H3,(H,21,25). The van der Waals surface area contributed by atoms with Gasteiger partial charge in [-0.05, 0) is 25.0 Å². The van der Waals surface area contributed by atoms with E-state index in [1.54, 1.807) is 18.2 Å². The Morgan fingerprint density at radius 2 is 1.74 bits per heavy atom. The van der Waals surface area contributed by atoms with Crippen LogP contribution in [0.5, 0.6) is 11.5 Å². The van der Waals surface area contributed by atoms with E-state index in [1.165, 1.54) is 14.2 Å². The van der Waals surface area contributed by atoms with Crippen LogP contribution in [-0.2, 0) is 0 Å². The molecule has 0 aliphatic rings. The van der Waals surface area contributed by atoms with Crippen LogP contribution in [0.3, 0.4) is 0 Å². The number of ether oxygens (including phenoxy) is 2. The quantitative estimate of drug-likeness (QED) is 0.694. The molecule has 0 saturated heterocycles. The molecule has 2 rings (SSSR count). The zero-order valence-corrected chi connectivity index (χ0v) is 16.8. The molecule has 2 aromatic rings. The Bertz CT molecular complexity index is 762. The molecule has 7 nitrogen and oxygen atoms in total. The van der Waals surface area contributed by atoms with Crippen LogP contribution in [0.1, 0.15) is 37.2 Å². The number of benzene rings is 1. The van der Waals surface area contributed by atoms with E-state index >= 15 is 0 Å². The van der Waals surface area contributed by atoms with Crippen molar-refractivity contribution in [2.45, 2.75) is 26.7 Å². The lowest BCUT2D eigenvalue weighted by molar-refractivity contribution is 0.102. The maximum Gasteiger partial charge on any atom is 0.276 e. The number of anilines is 2. The highest BCUT2D eigenvalue weighted by molar-refractivity contribution is 6.32. The van der Waals surface area contributed by atoms with Gasteiger partial charge in [0.25, 0.3) is 5.91 Å². The van der Waals surface area contributed by atoms with Crippen molar-refractivity contribution in [1.29, 1.82) is 0 Å².